The summed E-state index contributed by atoms with van der Waals surface area (Å²) < 4.78 is 5.33. The summed E-state index contributed by atoms with van der Waals surface area (Å²) in [5.41, 5.74) is 1.64. The molecule has 0 amide bonds. The second-order valence-corrected chi connectivity index (χ2v) is 3.77. The molecule has 2 rings (SSSR count). The number of carboxylic acid groups (broad SMARTS) is 1. The molecule has 4 nitrogen and oxygen atoms in total. The third-order valence-corrected chi connectivity index (χ3v) is 2.50. The number of hydrogen-bond acceptors (Lipinski definition) is 3. The number of aliphatic carboxylic acids is 1. The zero-order valence-corrected chi connectivity index (χ0v) is 8.93. The van der Waals surface area contributed by atoms with Crippen LogP contribution in [0.3, 0.4) is 0 Å². The first-order valence-electron chi connectivity index (χ1n) is 5.11. The molecular formula is C12H13NO3. The molecule has 0 radical (unpaired) electrons. The van der Waals surface area contributed by atoms with Crippen molar-refractivity contribution in [3.05, 3.63) is 30.5 Å². The van der Waals surface area contributed by atoms with Crippen molar-refractivity contribution in [3.63, 3.8) is 0 Å². The Kier molecular flexibility index (Phi) is 2.81. The van der Waals surface area contributed by atoms with Crippen LogP contribution in [0.4, 0.5) is 5.69 Å². The van der Waals surface area contributed by atoms with Gasteiger partial charge in [0.05, 0.1) is 11.6 Å². The molecule has 2 aromatic rings. The monoisotopic (exact) mass is 219 g/mol. The Morgan fingerprint density at radius 3 is 3.00 bits per heavy atom. The molecule has 1 atom stereocenters. The lowest BCUT2D eigenvalue weighted by Crippen LogP contribution is -2.19. The lowest BCUT2D eigenvalue weighted by molar-refractivity contribution is -0.140. The number of furan rings is 1. The fourth-order valence-electron chi connectivity index (χ4n) is 1.47. The maximum atomic E-state index is 10.7. The Labute approximate surface area is 92.9 Å². The maximum Gasteiger partial charge on any atom is 0.308 e. The number of fused-ring (bicyclic) bond motifs is 1. The Balaban J connectivity index is 2.13. The SMILES string of the molecule is CC(CNc1coc2ccccc12)C(=O)O. The molecule has 1 heterocycles. The number of anilines is 1. The molecule has 84 valence electrons. The Morgan fingerprint density at radius 2 is 2.25 bits per heavy atom. The van der Waals surface area contributed by atoms with Crippen LogP contribution in [0.1, 0.15) is 6.92 Å². The number of hydrogen-bond donors (Lipinski definition) is 2. The Hall–Kier alpha value is -1.97. The molecule has 0 saturated carbocycles. The summed E-state index contributed by atoms with van der Waals surface area (Å²) in [7, 11) is 0. The molecule has 1 aromatic carbocycles. The number of nitrogens with one attached hydrogen (secondary N) is 1. The van der Waals surface area contributed by atoms with Crippen LogP contribution in [0.5, 0.6) is 0 Å². The molecule has 0 bridgehead atoms. The summed E-state index contributed by atoms with van der Waals surface area (Å²) in [5, 5.41) is 12.8. The van der Waals surface area contributed by atoms with E-state index in [4.69, 9.17) is 9.52 Å². The predicted octanol–water partition coefficient (Wildman–Crippen LogP) is 2.57. The fourth-order valence-corrected chi connectivity index (χ4v) is 1.47. The number of para-hydroxylation sites is 1. The molecule has 16 heavy (non-hydrogen) atoms. The summed E-state index contributed by atoms with van der Waals surface area (Å²) in [6.45, 7) is 2.05. The van der Waals surface area contributed by atoms with Crippen LogP contribution in [-0.4, -0.2) is 17.6 Å². The minimum atomic E-state index is -0.805. The second-order valence-electron chi connectivity index (χ2n) is 3.77. The normalized spacial score (nSPS) is 12.6. The second kappa shape index (κ2) is 4.26. The number of rotatable bonds is 4. The molecule has 1 aromatic heterocycles. The van der Waals surface area contributed by atoms with E-state index >= 15 is 0 Å². The Bertz CT molecular complexity index is 504. The van der Waals surface area contributed by atoms with Gasteiger partial charge in [0.15, 0.2) is 0 Å². The van der Waals surface area contributed by atoms with Gasteiger partial charge in [0.1, 0.15) is 11.8 Å². The van der Waals surface area contributed by atoms with Crippen LogP contribution in [-0.2, 0) is 4.79 Å². The van der Waals surface area contributed by atoms with Gasteiger partial charge in [-0.3, -0.25) is 4.79 Å². The topological polar surface area (TPSA) is 62.5 Å². The fraction of sp³-hybridized carbons (Fsp3) is 0.250. The lowest BCUT2D eigenvalue weighted by Gasteiger charge is -2.07. The number of carboxylic acids is 1. The first-order valence-corrected chi connectivity index (χ1v) is 5.11. The standard InChI is InChI=1S/C12H13NO3/c1-8(12(14)15)6-13-10-7-16-11-5-3-2-4-9(10)11/h2-5,7-8,13H,6H2,1H3,(H,14,15). The van der Waals surface area contributed by atoms with Gasteiger partial charge in [0, 0.05) is 11.9 Å². The molecule has 0 spiro atoms. The van der Waals surface area contributed by atoms with Crippen molar-refractivity contribution in [1.82, 2.24) is 0 Å². The smallest absolute Gasteiger partial charge is 0.308 e. The molecule has 4 heteroatoms. The zero-order valence-electron chi connectivity index (χ0n) is 8.93. The van der Waals surface area contributed by atoms with Crippen molar-refractivity contribution in [2.24, 2.45) is 5.92 Å². The van der Waals surface area contributed by atoms with Gasteiger partial charge in [-0.05, 0) is 12.1 Å². The van der Waals surface area contributed by atoms with E-state index in [0.717, 1.165) is 16.7 Å². The van der Waals surface area contributed by atoms with Gasteiger partial charge in [-0.25, -0.2) is 0 Å². The van der Waals surface area contributed by atoms with Crippen molar-refractivity contribution >= 4 is 22.6 Å². The molecule has 1 unspecified atom stereocenters. The molecule has 2 N–H and O–H groups in total. The molecule has 0 fully saturated rings. The van der Waals surface area contributed by atoms with Gasteiger partial charge in [-0.15, -0.1) is 0 Å². The zero-order chi connectivity index (χ0) is 11.5. The van der Waals surface area contributed by atoms with Gasteiger partial charge in [-0.2, -0.15) is 0 Å². The van der Waals surface area contributed by atoms with E-state index in [1.165, 1.54) is 0 Å². The molecule has 0 aliphatic heterocycles. The first-order chi connectivity index (χ1) is 7.68. The number of carbonyl (C=O) groups is 1. The third kappa shape index (κ3) is 2.00. The van der Waals surface area contributed by atoms with E-state index < -0.39 is 11.9 Å². The molecule has 0 aliphatic carbocycles. The van der Waals surface area contributed by atoms with Crippen molar-refractivity contribution in [2.45, 2.75) is 6.92 Å². The highest BCUT2D eigenvalue weighted by Crippen LogP contribution is 2.25. The highest BCUT2D eigenvalue weighted by atomic mass is 16.4. The summed E-state index contributed by atoms with van der Waals surface area (Å²) in [4.78, 5) is 10.7. The van der Waals surface area contributed by atoms with Crippen molar-refractivity contribution in [3.8, 4) is 0 Å². The van der Waals surface area contributed by atoms with E-state index in [-0.39, 0.29) is 0 Å². The van der Waals surface area contributed by atoms with Crippen LogP contribution in [0, 0.1) is 5.92 Å². The van der Waals surface area contributed by atoms with Crippen molar-refractivity contribution in [2.75, 3.05) is 11.9 Å². The van der Waals surface area contributed by atoms with E-state index in [9.17, 15) is 4.79 Å². The largest absolute Gasteiger partial charge is 0.481 e. The summed E-state index contributed by atoms with van der Waals surface area (Å²) >= 11 is 0. The van der Waals surface area contributed by atoms with Gasteiger partial charge in [0.25, 0.3) is 0 Å². The summed E-state index contributed by atoms with van der Waals surface area (Å²) in [6, 6.07) is 7.63. The van der Waals surface area contributed by atoms with Gasteiger partial charge >= 0.3 is 5.97 Å². The lowest BCUT2D eigenvalue weighted by atomic mass is 10.2. The highest BCUT2D eigenvalue weighted by molar-refractivity contribution is 5.90. The minimum Gasteiger partial charge on any atom is -0.481 e. The van der Waals surface area contributed by atoms with Crippen molar-refractivity contribution < 1.29 is 14.3 Å². The average molecular weight is 219 g/mol. The Morgan fingerprint density at radius 1 is 1.50 bits per heavy atom. The summed E-state index contributed by atoms with van der Waals surface area (Å²) in [6.07, 6.45) is 1.61. The van der Waals surface area contributed by atoms with Gasteiger partial charge < -0.3 is 14.8 Å². The highest BCUT2D eigenvalue weighted by Gasteiger charge is 2.11. The maximum absolute atomic E-state index is 10.7. The first kappa shape index (κ1) is 10.5. The molecule has 0 saturated heterocycles. The van der Waals surface area contributed by atoms with E-state index in [1.54, 1.807) is 13.2 Å². The quantitative estimate of drug-likeness (QED) is 0.829. The average Bonchev–Trinajstić information content (AvgIpc) is 2.69. The predicted molar refractivity (Wildman–Crippen MR) is 61.5 cm³/mol. The van der Waals surface area contributed by atoms with Crippen LogP contribution < -0.4 is 5.32 Å². The van der Waals surface area contributed by atoms with Crippen LogP contribution in [0.2, 0.25) is 0 Å². The van der Waals surface area contributed by atoms with Crippen molar-refractivity contribution in [1.29, 1.82) is 0 Å². The molecular weight excluding hydrogens is 206 g/mol. The van der Waals surface area contributed by atoms with E-state index in [2.05, 4.69) is 5.32 Å². The van der Waals surface area contributed by atoms with E-state index in [1.807, 2.05) is 24.3 Å². The molecule has 0 aliphatic rings. The van der Waals surface area contributed by atoms with E-state index in [0.29, 0.717) is 6.54 Å². The van der Waals surface area contributed by atoms with Gasteiger partial charge in [-0.1, -0.05) is 19.1 Å². The van der Waals surface area contributed by atoms with Gasteiger partial charge in [0.2, 0.25) is 0 Å². The van der Waals surface area contributed by atoms with Crippen LogP contribution >= 0.6 is 0 Å². The minimum absolute atomic E-state index is 0.388. The van der Waals surface area contributed by atoms with Crippen LogP contribution in [0.25, 0.3) is 11.0 Å². The summed E-state index contributed by atoms with van der Waals surface area (Å²) in [5.74, 6) is -1.23. The number of benzene rings is 1. The van der Waals surface area contributed by atoms with Crippen LogP contribution in [0.15, 0.2) is 34.9 Å². The third-order valence-electron chi connectivity index (χ3n) is 2.50.